The van der Waals surface area contributed by atoms with E-state index in [0.29, 0.717) is 11.1 Å². The van der Waals surface area contributed by atoms with Crippen LogP contribution in [-0.2, 0) is 25.6 Å². The lowest BCUT2D eigenvalue weighted by Crippen LogP contribution is -2.52. The van der Waals surface area contributed by atoms with Crippen LogP contribution in [0.4, 0.5) is 0 Å². The fourth-order valence-electron chi connectivity index (χ4n) is 3.70. The summed E-state index contributed by atoms with van der Waals surface area (Å²) >= 11 is 2.30. The van der Waals surface area contributed by atoms with Gasteiger partial charge in [-0.15, -0.1) is 11.8 Å². The van der Waals surface area contributed by atoms with Gasteiger partial charge in [-0.3, -0.25) is 14.4 Å². The number of aromatic hydroxyl groups is 2. The number of hydrogen-bond donors (Lipinski definition) is 4. The molecule has 0 aliphatic carbocycles. The molecule has 0 bridgehead atoms. The fraction of sp³-hybridized carbons (Fsp3) is 0.333. The Balaban J connectivity index is 1.80. The Morgan fingerprint density at radius 1 is 1.11 bits per heavy atom. The summed E-state index contributed by atoms with van der Waals surface area (Å²) in [6, 6.07) is 10.3. The second-order valence-corrected chi connectivity index (χ2v) is 10.3. The van der Waals surface area contributed by atoms with Crippen molar-refractivity contribution in [2.24, 2.45) is 0 Å². The van der Waals surface area contributed by atoms with Gasteiger partial charge in [-0.05, 0) is 23.8 Å². The van der Waals surface area contributed by atoms with Crippen molar-refractivity contribution in [3.63, 3.8) is 0 Å². The molecule has 11 heteroatoms. The van der Waals surface area contributed by atoms with Gasteiger partial charge >= 0.3 is 5.97 Å². The Hall–Kier alpha value is -3.18. The first-order valence-corrected chi connectivity index (χ1v) is 12.9. The van der Waals surface area contributed by atoms with Gasteiger partial charge in [-0.2, -0.15) is 0 Å². The van der Waals surface area contributed by atoms with E-state index in [9.17, 15) is 34.5 Å². The van der Waals surface area contributed by atoms with E-state index in [4.69, 9.17) is 0 Å². The molecule has 1 aliphatic rings. The number of para-hydroxylation sites is 1. The van der Waals surface area contributed by atoms with Gasteiger partial charge in [0.05, 0.1) is 0 Å². The summed E-state index contributed by atoms with van der Waals surface area (Å²) in [4.78, 5) is 50.9. The maximum absolute atomic E-state index is 13.2. The molecule has 3 rings (SSSR count). The second kappa shape index (κ2) is 12.0. The number of carbonyl (C=O) groups excluding carboxylic acids is 3. The normalized spacial score (nSPS) is 18.1. The van der Waals surface area contributed by atoms with E-state index in [-0.39, 0.29) is 46.9 Å². The number of carboxylic acids is 1. The molecular weight excluding hydrogens is 492 g/mol. The summed E-state index contributed by atoms with van der Waals surface area (Å²) in [7, 11) is 0. The van der Waals surface area contributed by atoms with E-state index in [2.05, 4.69) is 5.32 Å². The number of amides is 2. The number of carbonyl (C=O) groups is 4. The Labute approximate surface area is 210 Å². The number of phenolic OH excluding ortho intramolecular Hbond substituents is 2. The summed E-state index contributed by atoms with van der Waals surface area (Å²) in [6.45, 7) is 1.40. The third-order valence-corrected chi connectivity index (χ3v) is 7.53. The van der Waals surface area contributed by atoms with Crippen molar-refractivity contribution in [3.05, 3.63) is 59.7 Å². The SMILES string of the molecule is CC(=O)SCCC(=O)N1[C@@H](c2ccccc2O)SC[C@H]1C(=O)NC(Cc1ccc(O)cc1)C(=O)O. The fourth-order valence-corrected chi connectivity index (χ4v) is 5.74. The molecule has 1 heterocycles. The minimum Gasteiger partial charge on any atom is -0.508 e. The van der Waals surface area contributed by atoms with Gasteiger partial charge in [-0.1, -0.05) is 42.1 Å². The van der Waals surface area contributed by atoms with Crippen LogP contribution >= 0.6 is 23.5 Å². The van der Waals surface area contributed by atoms with E-state index in [0.717, 1.165) is 11.8 Å². The minimum absolute atomic E-state index is 0.00663. The molecular formula is C24H26N2O7S2. The van der Waals surface area contributed by atoms with Crippen LogP contribution in [0.5, 0.6) is 11.5 Å². The average Bonchev–Trinajstić information content (AvgIpc) is 3.25. The number of carboxylic acid groups (broad SMARTS) is 1. The molecule has 0 radical (unpaired) electrons. The van der Waals surface area contributed by atoms with Crippen LogP contribution in [0.25, 0.3) is 0 Å². The lowest BCUT2D eigenvalue weighted by molar-refractivity contribution is -0.144. The van der Waals surface area contributed by atoms with Gasteiger partial charge in [0.1, 0.15) is 29.0 Å². The van der Waals surface area contributed by atoms with E-state index in [1.165, 1.54) is 41.8 Å². The first-order valence-electron chi connectivity index (χ1n) is 10.8. The summed E-state index contributed by atoms with van der Waals surface area (Å²) in [5, 5.41) is 31.2. The molecule has 186 valence electrons. The van der Waals surface area contributed by atoms with Crippen LogP contribution in [-0.4, -0.2) is 66.7 Å². The molecule has 4 N–H and O–H groups in total. The zero-order valence-corrected chi connectivity index (χ0v) is 20.6. The van der Waals surface area contributed by atoms with Gasteiger partial charge in [0, 0.05) is 36.8 Å². The third-order valence-electron chi connectivity index (χ3n) is 5.41. The number of rotatable bonds is 9. The molecule has 1 aliphatic heterocycles. The van der Waals surface area contributed by atoms with E-state index in [1.807, 2.05) is 0 Å². The third kappa shape index (κ3) is 6.92. The van der Waals surface area contributed by atoms with Crippen molar-refractivity contribution in [3.8, 4) is 11.5 Å². The Kier molecular flexibility index (Phi) is 9.05. The largest absolute Gasteiger partial charge is 0.508 e. The lowest BCUT2D eigenvalue weighted by Gasteiger charge is -2.30. The van der Waals surface area contributed by atoms with E-state index >= 15 is 0 Å². The molecule has 1 fully saturated rings. The number of nitrogens with zero attached hydrogens (tertiary/aromatic N) is 1. The number of benzene rings is 2. The minimum atomic E-state index is -1.24. The van der Waals surface area contributed by atoms with Gasteiger partial charge in [0.2, 0.25) is 11.8 Å². The van der Waals surface area contributed by atoms with E-state index < -0.39 is 29.3 Å². The monoisotopic (exact) mass is 518 g/mol. The highest BCUT2D eigenvalue weighted by Crippen LogP contribution is 2.44. The Bertz CT molecular complexity index is 1090. The predicted octanol–water partition coefficient (Wildman–Crippen LogP) is 2.52. The van der Waals surface area contributed by atoms with Crippen molar-refractivity contribution >= 4 is 46.4 Å². The maximum atomic E-state index is 13.2. The Morgan fingerprint density at radius 2 is 1.80 bits per heavy atom. The molecule has 0 saturated carbocycles. The second-order valence-electron chi connectivity index (χ2n) is 7.92. The van der Waals surface area contributed by atoms with Gasteiger partial charge in [0.15, 0.2) is 5.12 Å². The van der Waals surface area contributed by atoms with Gasteiger partial charge < -0.3 is 25.5 Å². The summed E-state index contributed by atoms with van der Waals surface area (Å²) < 4.78 is 0. The molecule has 35 heavy (non-hydrogen) atoms. The number of phenols is 2. The first kappa shape index (κ1) is 26.4. The van der Waals surface area contributed by atoms with Gasteiger partial charge in [-0.25, -0.2) is 4.79 Å². The van der Waals surface area contributed by atoms with E-state index in [1.54, 1.807) is 30.3 Å². The first-order chi connectivity index (χ1) is 16.7. The maximum Gasteiger partial charge on any atom is 0.326 e. The molecule has 9 nitrogen and oxygen atoms in total. The van der Waals surface area contributed by atoms with Crippen LogP contribution in [0, 0.1) is 0 Å². The quantitative estimate of drug-likeness (QED) is 0.393. The topological polar surface area (TPSA) is 144 Å². The highest BCUT2D eigenvalue weighted by atomic mass is 32.2. The van der Waals surface area contributed by atoms with Crippen molar-refractivity contribution in [1.82, 2.24) is 10.2 Å². The Morgan fingerprint density at radius 3 is 2.43 bits per heavy atom. The molecule has 3 atom stereocenters. The molecule has 1 unspecified atom stereocenters. The average molecular weight is 519 g/mol. The van der Waals surface area contributed by atoms with Crippen molar-refractivity contribution in [1.29, 1.82) is 0 Å². The van der Waals surface area contributed by atoms with Gasteiger partial charge in [0.25, 0.3) is 0 Å². The molecule has 2 amide bonds. The molecule has 0 spiro atoms. The zero-order chi connectivity index (χ0) is 25.5. The summed E-state index contributed by atoms with van der Waals surface area (Å²) in [6.07, 6.45) is 0.00185. The molecule has 2 aromatic carbocycles. The van der Waals surface area contributed by atoms with Crippen LogP contribution in [0.15, 0.2) is 48.5 Å². The molecule has 2 aromatic rings. The highest BCUT2D eigenvalue weighted by molar-refractivity contribution is 8.13. The summed E-state index contributed by atoms with van der Waals surface area (Å²) in [5.41, 5.74) is 1.08. The molecule has 1 saturated heterocycles. The number of thioether (sulfide) groups is 2. The molecule has 0 aromatic heterocycles. The summed E-state index contributed by atoms with van der Waals surface area (Å²) in [5.74, 6) is -1.74. The van der Waals surface area contributed by atoms with Crippen LogP contribution < -0.4 is 5.32 Å². The number of hydrogen-bond acceptors (Lipinski definition) is 8. The standard InChI is InChI=1S/C24H26N2O7S2/c1-14(27)34-11-10-21(30)26-19(13-35-23(26)17-4-2-3-5-20(17)29)22(31)25-18(24(32)33)12-15-6-8-16(28)9-7-15/h2-9,18-19,23,28-29H,10-13H2,1H3,(H,25,31)(H,32,33)/t18?,19-,23+/m0/s1. The van der Waals surface area contributed by atoms with Crippen molar-refractivity contribution in [2.75, 3.05) is 11.5 Å². The van der Waals surface area contributed by atoms with Crippen LogP contribution in [0.2, 0.25) is 0 Å². The number of nitrogens with one attached hydrogen (secondary N) is 1. The van der Waals surface area contributed by atoms with Crippen LogP contribution in [0.3, 0.4) is 0 Å². The highest BCUT2D eigenvalue weighted by Gasteiger charge is 2.43. The van der Waals surface area contributed by atoms with Crippen LogP contribution in [0.1, 0.15) is 29.8 Å². The zero-order valence-electron chi connectivity index (χ0n) is 18.9. The van der Waals surface area contributed by atoms with Crippen molar-refractivity contribution < 1.29 is 34.5 Å². The smallest absolute Gasteiger partial charge is 0.326 e. The number of aliphatic carboxylic acids is 1. The lowest BCUT2D eigenvalue weighted by atomic mass is 10.0. The predicted molar refractivity (Wildman–Crippen MR) is 133 cm³/mol. The van der Waals surface area contributed by atoms with Crippen molar-refractivity contribution in [2.45, 2.75) is 37.2 Å².